The van der Waals surface area contributed by atoms with E-state index in [9.17, 15) is 4.79 Å². The Balaban J connectivity index is 1.71. The molecule has 0 unspecified atom stereocenters. The Labute approximate surface area is 171 Å². The highest BCUT2D eigenvalue weighted by Gasteiger charge is 2.46. The van der Waals surface area contributed by atoms with Crippen LogP contribution >= 0.6 is 0 Å². The summed E-state index contributed by atoms with van der Waals surface area (Å²) < 4.78 is 2.37. The van der Waals surface area contributed by atoms with E-state index >= 15 is 0 Å². The van der Waals surface area contributed by atoms with Gasteiger partial charge in [-0.25, -0.2) is 0 Å². The third-order valence-electron chi connectivity index (χ3n) is 7.52. The number of nitrogens with zero attached hydrogens (tertiary/aromatic N) is 2. The number of nitrogens with one attached hydrogen (secondary N) is 1. The second-order valence-corrected chi connectivity index (χ2v) is 9.00. The second kappa shape index (κ2) is 6.53. The van der Waals surface area contributed by atoms with Gasteiger partial charge in [-0.05, 0) is 68.0 Å². The second-order valence-electron chi connectivity index (χ2n) is 9.00. The molecule has 6 rings (SSSR count). The first kappa shape index (κ1) is 17.4. The van der Waals surface area contributed by atoms with Crippen LogP contribution < -0.4 is 10.9 Å². The fourth-order valence-electron chi connectivity index (χ4n) is 6.16. The van der Waals surface area contributed by atoms with Crippen LogP contribution in [0.4, 0.5) is 0 Å². The summed E-state index contributed by atoms with van der Waals surface area (Å²) in [5.74, 6) is 1.49. The van der Waals surface area contributed by atoms with Crippen molar-refractivity contribution >= 4 is 10.9 Å². The van der Waals surface area contributed by atoms with Gasteiger partial charge in [0, 0.05) is 0 Å². The van der Waals surface area contributed by atoms with Crippen LogP contribution in [0.2, 0.25) is 0 Å². The van der Waals surface area contributed by atoms with E-state index in [0.29, 0.717) is 5.92 Å². The summed E-state index contributed by atoms with van der Waals surface area (Å²) in [5, 5.41) is 4.25. The Hall–Kier alpha value is -2.46. The summed E-state index contributed by atoms with van der Waals surface area (Å²) in [5.41, 5.74) is 4.91. The molecule has 4 nitrogen and oxygen atoms in total. The minimum absolute atomic E-state index is 0.0558. The van der Waals surface area contributed by atoms with Gasteiger partial charge in [-0.15, -0.1) is 0 Å². The van der Waals surface area contributed by atoms with Crippen molar-refractivity contribution in [2.45, 2.75) is 56.3 Å². The number of hydrogen-bond acceptors (Lipinski definition) is 3. The molecule has 0 bridgehead atoms. The predicted octanol–water partition coefficient (Wildman–Crippen LogP) is 4.42. The van der Waals surface area contributed by atoms with Crippen molar-refractivity contribution in [2.24, 2.45) is 0 Å². The normalized spacial score (nSPS) is 20.7. The van der Waals surface area contributed by atoms with Gasteiger partial charge in [-0.1, -0.05) is 49.6 Å². The lowest BCUT2D eigenvalue weighted by Gasteiger charge is -2.33. The van der Waals surface area contributed by atoms with Crippen LogP contribution in [0.15, 0.2) is 47.3 Å². The summed E-state index contributed by atoms with van der Waals surface area (Å²) in [6.07, 6.45) is 8.13. The maximum absolute atomic E-state index is 13.2. The zero-order chi connectivity index (χ0) is 19.4. The molecular weight excluding hydrogens is 358 g/mol. The van der Waals surface area contributed by atoms with Gasteiger partial charge >= 0.3 is 0 Å². The fourth-order valence-corrected chi connectivity index (χ4v) is 6.16. The van der Waals surface area contributed by atoms with Crippen LogP contribution in [-0.4, -0.2) is 22.6 Å². The SMILES string of the molecule is O=c1nc2n(c3c(C4CCNCC4)cccc13)-c1ccccc1C21CCCCC1. The molecule has 1 saturated carbocycles. The molecule has 1 N–H and O–H groups in total. The molecule has 2 aromatic carbocycles. The maximum atomic E-state index is 13.2. The van der Waals surface area contributed by atoms with Crippen molar-refractivity contribution in [3.05, 3.63) is 69.8 Å². The van der Waals surface area contributed by atoms with Crippen molar-refractivity contribution in [3.8, 4) is 5.69 Å². The largest absolute Gasteiger partial charge is 0.317 e. The van der Waals surface area contributed by atoms with Crippen LogP contribution in [0.5, 0.6) is 0 Å². The monoisotopic (exact) mass is 385 g/mol. The summed E-state index contributed by atoms with van der Waals surface area (Å²) in [4.78, 5) is 18.0. The molecule has 4 heteroatoms. The Morgan fingerprint density at radius 1 is 0.966 bits per heavy atom. The van der Waals surface area contributed by atoms with Gasteiger partial charge in [0.1, 0.15) is 5.82 Å². The molecule has 0 radical (unpaired) electrons. The molecule has 29 heavy (non-hydrogen) atoms. The van der Waals surface area contributed by atoms with E-state index in [2.05, 4.69) is 40.2 Å². The number of piperidine rings is 1. The number of rotatable bonds is 1. The molecule has 1 spiro atoms. The van der Waals surface area contributed by atoms with Crippen LogP contribution in [0.25, 0.3) is 16.6 Å². The molecule has 2 aliphatic heterocycles. The summed E-state index contributed by atoms with van der Waals surface area (Å²) >= 11 is 0. The lowest BCUT2D eigenvalue weighted by atomic mass is 9.70. The molecule has 0 atom stereocenters. The van der Waals surface area contributed by atoms with Gasteiger partial charge in [-0.3, -0.25) is 9.36 Å². The first-order valence-corrected chi connectivity index (χ1v) is 11.2. The molecule has 3 aliphatic rings. The Morgan fingerprint density at radius 3 is 2.59 bits per heavy atom. The smallest absolute Gasteiger partial charge is 0.280 e. The third kappa shape index (κ3) is 2.42. The molecule has 1 saturated heterocycles. The molecule has 1 aromatic heterocycles. The summed E-state index contributed by atoms with van der Waals surface area (Å²) in [6, 6.07) is 15.0. The van der Waals surface area contributed by atoms with Crippen LogP contribution in [-0.2, 0) is 5.41 Å². The lowest BCUT2D eigenvalue weighted by molar-refractivity contribution is 0.338. The summed E-state index contributed by atoms with van der Waals surface area (Å²) in [7, 11) is 0. The molecule has 148 valence electrons. The van der Waals surface area contributed by atoms with Crippen molar-refractivity contribution in [2.75, 3.05) is 13.1 Å². The maximum Gasteiger partial charge on any atom is 0.280 e. The number of aromatic nitrogens is 2. The van der Waals surface area contributed by atoms with Gasteiger partial charge in [0.15, 0.2) is 0 Å². The van der Waals surface area contributed by atoms with Gasteiger partial charge in [0.05, 0.1) is 22.0 Å². The highest BCUT2D eigenvalue weighted by molar-refractivity contribution is 5.85. The Kier molecular flexibility index (Phi) is 3.92. The summed E-state index contributed by atoms with van der Waals surface area (Å²) in [6.45, 7) is 2.09. The van der Waals surface area contributed by atoms with Gasteiger partial charge in [0.25, 0.3) is 5.56 Å². The zero-order valence-corrected chi connectivity index (χ0v) is 16.8. The fraction of sp³-hybridized carbons (Fsp3) is 0.440. The minimum Gasteiger partial charge on any atom is -0.317 e. The average Bonchev–Trinajstić information content (AvgIpc) is 3.04. The van der Waals surface area contributed by atoms with Crippen molar-refractivity contribution in [1.82, 2.24) is 14.9 Å². The van der Waals surface area contributed by atoms with Gasteiger partial charge in [-0.2, -0.15) is 4.98 Å². The Bertz CT molecular complexity index is 1150. The van der Waals surface area contributed by atoms with E-state index in [1.807, 2.05) is 12.1 Å². The van der Waals surface area contributed by atoms with E-state index < -0.39 is 0 Å². The quantitative estimate of drug-likeness (QED) is 0.675. The molecule has 3 heterocycles. The topological polar surface area (TPSA) is 46.9 Å². The van der Waals surface area contributed by atoms with E-state index in [1.54, 1.807) is 0 Å². The molecule has 1 aliphatic carbocycles. The highest BCUT2D eigenvalue weighted by Crippen LogP contribution is 2.51. The number of benzene rings is 2. The zero-order valence-electron chi connectivity index (χ0n) is 16.8. The highest BCUT2D eigenvalue weighted by atomic mass is 16.1. The van der Waals surface area contributed by atoms with E-state index in [0.717, 1.165) is 55.5 Å². The van der Waals surface area contributed by atoms with E-state index in [4.69, 9.17) is 4.98 Å². The number of para-hydroxylation sites is 2. The van der Waals surface area contributed by atoms with Crippen molar-refractivity contribution in [3.63, 3.8) is 0 Å². The first-order chi connectivity index (χ1) is 14.3. The number of fused-ring (bicyclic) bond motifs is 7. The predicted molar refractivity (Wildman–Crippen MR) is 116 cm³/mol. The van der Waals surface area contributed by atoms with Crippen LogP contribution in [0.1, 0.15) is 67.8 Å². The number of hydrogen-bond donors (Lipinski definition) is 1. The average molecular weight is 386 g/mol. The van der Waals surface area contributed by atoms with Crippen LogP contribution in [0, 0.1) is 0 Å². The Morgan fingerprint density at radius 2 is 1.76 bits per heavy atom. The molecule has 0 amide bonds. The minimum atomic E-state index is -0.0938. The lowest BCUT2D eigenvalue weighted by Crippen LogP contribution is -2.32. The molecular formula is C25H27N3O. The van der Waals surface area contributed by atoms with Gasteiger partial charge < -0.3 is 5.32 Å². The standard InChI is InChI=1S/C25H27N3O/c29-23-19-8-6-7-18(17-11-15-26-16-12-17)22(19)28-21-10-3-2-9-20(21)25(24(28)27-23)13-4-1-5-14-25/h2-3,6-10,17,26H,1,4-5,11-16H2. The molecule has 2 fully saturated rings. The van der Waals surface area contributed by atoms with Crippen LogP contribution in [0.3, 0.4) is 0 Å². The van der Waals surface area contributed by atoms with E-state index in [-0.39, 0.29) is 11.0 Å². The molecule has 3 aromatic rings. The van der Waals surface area contributed by atoms with E-state index in [1.165, 1.54) is 36.1 Å². The third-order valence-corrected chi connectivity index (χ3v) is 7.52. The van der Waals surface area contributed by atoms with Gasteiger partial charge in [0.2, 0.25) is 0 Å². The van der Waals surface area contributed by atoms with Crippen molar-refractivity contribution in [1.29, 1.82) is 0 Å². The first-order valence-electron chi connectivity index (χ1n) is 11.2. The van der Waals surface area contributed by atoms with Crippen molar-refractivity contribution < 1.29 is 0 Å².